The minimum Gasteiger partial charge on any atom is -0.459 e. The van der Waals surface area contributed by atoms with Crippen molar-refractivity contribution in [3.05, 3.63) is 24.2 Å². The molecule has 1 heterocycles. The molecule has 1 saturated carbocycles. The number of hydrogen-bond acceptors (Lipinski definition) is 3. The summed E-state index contributed by atoms with van der Waals surface area (Å²) in [6.07, 6.45) is 9.55. The number of furan rings is 1. The maximum absolute atomic E-state index is 11.7. The number of nitrogens with one attached hydrogen (secondary N) is 2. The standard InChI is InChI=1S/C16H24N2O3/c19-15(9-8-13-5-2-1-3-6-13)17-10-11-18-16(20)14-7-4-12-21-14/h4,7,12-13H,1-3,5-6,8-11H2,(H,17,19)(H,18,20). The fourth-order valence-electron chi connectivity index (χ4n) is 2.77. The van der Waals surface area contributed by atoms with Crippen LogP contribution in [0.3, 0.4) is 0 Å². The fraction of sp³-hybridized carbons (Fsp3) is 0.625. The molecule has 0 radical (unpaired) electrons. The summed E-state index contributed by atoms with van der Waals surface area (Å²) in [7, 11) is 0. The zero-order valence-electron chi connectivity index (χ0n) is 12.4. The van der Waals surface area contributed by atoms with Crippen molar-refractivity contribution in [2.75, 3.05) is 13.1 Å². The van der Waals surface area contributed by atoms with Crippen LogP contribution in [-0.4, -0.2) is 24.9 Å². The van der Waals surface area contributed by atoms with Gasteiger partial charge in [0.25, 0.3) is 5.91 Å². The van der Waals surface area contributed by atoms with E-state index in [1.54, 1.807) is 12.1 Å². The zero-order valence-corrected chi connectivity index (χ0v) is 12.4. The van der Waals surface area contributed by atoms with Gasteiger partial charge in [0.2, 0.25) is 5.91 Å². The summed E-state index contributed by atoms with van der Waals surface area (Å²) >= 11 is 0. The Labute approximate surface area is 125 Å². The van der Waals surface area contributed by atoms with Gasteiger partial charge in [0.15, 0.2) is 5.76 Å². The van der Waals surface area contributed by atoms with Crippen molar-refractivity contribution in [1.82, 2.24) is 10.6 Å². The number of carbonyl (C=O) groups excluding carboxylic acids is 2. The van der Waals surface area contributed by atoms with Crippen molar-refractivity contribution < 1.29 is 14.0 Å². The van der Waals surface area contributed by atoms with E-state index < -0.39 is 0 Å². The first-order valence-corrected chi connectivity index (χ1v) is 7.84. The van der Waals surface area contributed by atoms with Crippen LogP contribution in [0.5, 0.6) is 0 Å². The fourth-order valence-corrected chi connectivity index (χ4v) is 2.77. The smallest absolute Gasteiger partial charge is 0.287 e. The highest BCUT2D eigenvalue weighted by atomic mass is 16.3. The molecule has 0 spiro atoms. The molecule has 1 aromatic heterocycles. The van der Waals surface area contributed by atoms with Gasteiger partial charge in [-0.2, -0.15) is 0 Å². The van der Waals surface area contributed by atoms with Gasteiger partial charge in [-0.3, -0.25) is 9.59 Å². The zero-order chi connectivity index (χ0) is 14.9. The lowest BCUT2D eigenvalue weighted by Gasteiger charge is -2.20. The van der Waals surface area contributed by atoms with Gasteiger partial charge in [-0.25, -0.2) is 0 Å². The van der Waals surface area contributed by atoms with Crippen molar-refractivity contribution in [3.63, 3.8) is 0 Å². The summed E-state index contributed by atoms with van der Waals surface area (Å²) < 4.78 is 4.98. The lowest BCUT2D eigenvalue weighted by atomic mass is 9.86. The quantitative estimate of drug-likeness (QED) is 0.758. The molecule has 21 heavy (non-hydrogen) atoms. The van der Waals surface area contributed by atoms with Crippen LogP contribution in [0.2, 0.25) is 0 Å². The van der Waals surface area contributed by atoms with E-state index in [-0.39, 0.29) is 11.8 Å². The van der Waals surface area contributed by atoms with Gasteiger partial charge in [-0.05, 0) is 24.5 Å². The second-order valence-corrected chi connectivity index (χ2v) is 5.63. The SMILES string of the molecule is O=C(CCC1CCCCC1)NCCNC(=O)c1ccco1. The third-order valence-electron chi connectivity index (χ3n) is 3.98. The average molecular weight is 292 g/mol. The molecule has 1 aliphatic rings. The highest BCUT2D eigenvalue weighted by molar-refractivity contribution is 5.91. The van der Waals surface area contributed by atoms with Crippen LogP contribution in [0.4, 0.5) is 0 Å². The van der Waals surface area contributed by atoms with Crippen LogP contribution in [0.1, 0.15) is 55.5 Å². The van der Waals surface area contributed by atoms with Crippen LogP contribution in [0.15, 0.2) is 22.8 Å². The Morgan fingerprint density at radius 2 is 1.90 bits per heavy atom. The van der Waals surface area contributed by atoms with Gasteiger partial charge in [-0.15, -0.1) is 0 Å². The van der Waals surface area contributed by atoms with Crippen molar-refractivity contribution in [3.8, 4) is 0 Å². The van der Waals surface area contributed by atoms with Crippen LogP contribution in [0.25, 0.3) is 0 Å². The van der Waals surface area contributed by atoms with Crippen molar-refractivity contribution in [2.24, 2.45) is 5.92 Å². The summed E-state index contributed by atoms with van der Waals surface area (Å²) in [6.45, 7) is 0.866. The molecule has 116 valence electrons. The summed E-state index contributed by atoms with van der Waals surface area (Å²) in [5.41, 5.74) is 0. The molecule has 0 aromatic carbocycles. The molecule has 0 unspecified atom stereocenters. The molecule has 2 rings (SSSR count). The van der Waals surface area contributed by atoms with E-state index in [0.717, 1.165) is 12.3 Å². The third-order valence-corrected chi connectivity index (χ3v) is 3.98. The Balaban J connectivity index is 1.52. The highest BCUT2D eigenvalue weighted by Crippen LogP contribution is 2.27. The Hall–Kier alpha value is -1.78. The minimum absolute atomic E-state index is 0.0767. The number of carbonyl (C=O) groups is 2. The van der Waals surface area contributed by atoms with E-state index in [9.17, 15) is 9.59 Å². The second-order valence-electron chi connectivity index (χ2n) is 5.63. The predicted octanol–water partition coefficient (Wildman–Crippen LogP) is 2.49. The highest BCUT2D eigenvalue weighted by Gasteiger charge is 2.14. The Bertz CT molecular complexity index is 436. The first-order chi connectivity index (χ1) is 10.3. The van der Waals surface area contributed by atoms with Crippen LogP contribution in [0, 0.1) is 5.92 Å². The van der Waals surface area contributed by atoms with Crippen molar-refractivity contribution >= 4 is 11.8 Å². The minimum atomic E-state index is -0.253. The number of amides is 2. The Morgan fingerprint density at radius 3 is 2.62 bits per heavy atom. The molecule has 0 bridgehead atoms. The van der Waals surface area contributed by atoms with Gasteiger partial charge in [0, 0.05) is 19.5 Å². The first kappa shape index (κ1) is 15.6. The van der Waals surface area contributed by atoms with E-state index in [0.29, 0.717) is 25.3 Å². The molecule has 2 amide bonds. The molecule has 0 atom stereocenters. The van der Waals surface area contributed by atoms with E-state index in [4.69, 9.17) is 4.42 Å². The summed E-state index contributed by atoms with van der Waals surface area (Å²) in [5.74, 6) is 0.839. The maximum atomic E-state index is 11.7. The van der Waals surface area contributed by atoms with Gasteiger partial charge in [0.1, 0.15) is 0 Å². The Kier molecular flexibility index (Phi) is 6.31. The number of hydrogen-bond donors (Lipinski definition) is 2. The monoisotopic (exact) mass is 292 g/mol. The molecule has 5 nitrogen and oxygen atoms in total. The molecule has 1 aromatic rings. The lowest BCUT2D eigenvalue weighted by Crippen LogP contribution is -2.34. The van der Waals surface area contributed by atoms with Gasteiger partial charge in [-0.1, -0.05) is 32.1 Å². The average Bonchev–Trinajstić information content (AvgIpc) is 3.05. The lowest BCUT2D eigenvalue weighted by molar-refractivity contribution is -0.121. The molecular weight excluding hydrogens is 268 g/mol. The summed E-state index contributed by atoms with van der Waals surface area (Å²) in [4.78, 5) is 23.3. The van der Waals surface area contributed by atoms with Gasteiger partial charge >= 0.3 is 0 Å². The molecule has 1 fully saturated rings. The maximum Gasteiger partial charge on any atom is 0.287 e. The largest absolute Gasteiger partial charge is 0.459 e. The summed E-state index contributed by atoms with van der Waals surface area (Å²) in [6, 6.07) is 3.28. The third kappa shape index (κ3) is 5.61. The van der Waals surface area contributed by atoms with E-state index >= 15 is 0 Å². The van der Waals surface area contributed by atoms with E-state index in [1.807, 2.05) is 0 Å². The molecule has 2 N–H and O–H groups in total. The second kappa shape index (κ2) is 8.49. The van der Waals surface area contributed by atoms with Crippen molar-refractivity contribution in [1.29, 1.82) is 0 Å². The molecule has 0 saturated heterocycles. The van der Waals surface area contributed by atoms with E-state index in [2.05, 4.69) is 10.6 Å². The Morgan fingerprint density at radius 1 is 1.14 bits per heavy atom. The topological polar surface area (TPSA) is 71.3 Å². The molecule has 5 heteroatoms. The summed E-state index contributed by atoms with van der Waals surface area (Å²) in [5, 5.41) is 5.54. The van der Waals surface area contributed by atoms with Gasteiger partial charge in [0.05, 0.1) is 6.26 Å². The van der Waals surface area contributed by atoms with Crippen LogP contribution >= 0.6 is 0 Å². The normalized spacial score (nSPS) is 15.6. The van der Waals surface area contributed by atoms with Crippen LogP contribution < -0.4 is 10.6 Å². The number of rotatable bonds is 7. The first-order valence-electron chi connectivity index (χ1n) is 7.84. The van der Waals surface area contributed by atoms with Crippen LogP contribution in [-0.2, 0) is 4.79 Å². The molecular formula is C16H24N2O3. The predicted molar refractivity (Wildman–Crippen MR) is 79.9 cm³/mol. The molecule has 0 aliphatic heterocycles. The van der Waals surface area contributed by atoms with E-state index in [1.165, 1.54) is 38.4 Å². The molecule has 1 aliphatic carbocycles. The van der Waals surface area contributed by atoms with Gasteiger partial charge < -0.3 is 15.1 Å². The van der Waals surface area contributed by atoms with Crippen molar-refractivity contribution in [2.45, 2.75) is 44.9 Å².